The van der Waals surface area contributed by atoms with Crippen LogP contribution < -0.4 is 0 Å². The SMILES string of the molecule is CCO[C@H]1CC[C@H](C(C(=O)C(C2CCCCC2)[C@H]2CC[C@H](OCC)CC2)C2CCCCC2)CC1. The molecule has 4 rings (SSSR count). The summed E-state index contributed by atoms with van der Waals surface area (Å²) in [5.41, 5.74) is 0. The van der Waals surface area contributed by atoms with Crippen LogP contribution in [0.25, 0.3) is 0 Å². The van der Waals surface area contributed by atoms with Gasteiger partial charge in [-0.25, -0.2) is 0 Å². The van der Waals surface area contributed by atoms with E-state index in [-0.39, 0.29) is 0 Å². The Hall–Kier alpha value is -0.410. The van der Waals surface area contributed by atoms with Crippen molar-refractivity contribution in [3.63, 3.8) is 0 Å². The van der Waals surface area contributed by atoms with Crippen LogP contribution in [0.2, 0.25) is 0 Å². The average Bonchev–Trinajstić information content (AvgIpc) is 2.88. The number of carbonyl (C=O) groups is 1. The van der Waals surface area contributed by atoms with E-state index in [1.165, 1.54) is 116 Å². The van der Waals surface area contributed by atoms with Gasteiger partial charge in [0.15, 0.2) is 0 Å². The molecule has 0 aliphatic heterocycles. The van der Waals surface area contributed by atoms with Gasteiger partial charge in [0.1, 0.15) is 5.78 Å². The fourth-order valence-electron chi connectivity index (χ4n) is 8.61. The van der Waals surface area contributed by atoms with Gasteiger partial charge in [-0.3, -0.25) is 4.79 Å². The maximum Gasteiger partial charge on any atom is 0.140 e. The third-order valence-electron chi connectivity index (χ3n) is 10.2. The Kier molecular flexibility index (Phi) is 10.8. The fraction of sp³-hybridized carbons (Fsp3) is 0.968. The molecular formula is C31H54O3. The molecule has 0 aromatic carbocycles. The van der Waals surface area contributed by atoms with Gasteiger partial charge < -0.3 is 9.47 Å². The van der Waals surface area contributed by atoms with E-state index in [1.807, 2.05) is 0 Å². The van der Waals surface area contributed by atoms with Crippen molar-refractivity contribution >= 4 is 5.78 Å². The van der Waals surface area contributed by atoms with Crippen molar-refractivity contribution in [1.29, 1.82) is 0 Å². The van der Waals surface area contributed by atoms with Gasteiger partial charge in [-0.2, -0.15) is 0 Å². The van der Waals surface area contributed by atoms with Gasteiger partial charge in [0.2, 0.25) is 0 Å². The number of carbonyl (C=O) groups excluding carboxylic acids is 1. The molecular weight excluding hydrogens is 420 g/mol. The topological polar surface area (TPSA) is 35.5 Å². The van der Waals surface area contributed by atoms with Gasteiger partial charge in [0, 0.05) is 25.0 Å². The summed E-state index contributed by atoms with van der Waals surface area (Å²) in [6.45, 7) is 5.90. The zero-order chi connectivity index (χ0) is 23.8. The van der Waals surface area contributed by atoms with E-state index in [0.717, 1.165) is 19.0 Å². The fourth-order valence-corrected chi connectivity index (χ4v) is 8.61. The summed E-state index contributed by atoms with van der Waals surface area (Å²) >= 11 is 0. The molecule has 0 heterocycles. The molecule has 0 aromatic rings. The molecule has 34 heavy (non-hydrogen) atoms. The second-order valence-corrected chi connectivity index (χ2v) is 12.2. The lowest BCUT2D eigenvalue weighted by Gasteiger charge is -2.44. The van der Waals surface area contributed by atoms with Gasteiger partial charge in [-0.1, -0.05) is 38.5 Å². The molecule has 2 atom stereocenters. The van der Waals surface area contributed by atoms with E-state index in [1.54, 1.807) is 0 Å². The lowest BCUT2D eigenvalue weighted by molar-refractivity contribution is -0.138. The third kappa shape index (κ3) is 6.87. The van der Waals surface area contributed by atoms with Gasteiger partial charge in [-0.05, 0) is 115 Å². The number of hydrogen-bond donors (Lipinski definition) is 0. The number of hydrogen-bond acceptors (Lipinski definition) is 3. The molecule has 2 unspecified atom stereocenters. The first-order valence-electron chi connectivity index (χ1n) is 15.5. The molecule has 0 saturated heterocycles. The number of Topliss-reactive ketones (excluding diaryl/α,β-unsaturated/α-hetero) is 1. The standard InChI is InChI=1S/C31H54O3/c1-3-33-27-19-15-25(16-20-27)29(23-11-7-5-8-12-23)31(32)30(24-13-9-6-10-14-24)26-17-21-28(22-18-26)34-4-2/h23-30H,3-22H2,1-2H3/t25-,26-,27-,28-,29?,30?. The molecule has 4 aliphatic carbocycles. The first kappa shape index (κ1) is 26.6. The van der Waals surface area contributed by atoms with Crippen molar-refractivity contribution in [3.05, 3.63) is 0 Å². The van der Waals surface area contributed by atoms with E-state index in [4.69, 9.17) is 9.47 Å². The minimum Gasteiger partial charge on any atom is -0.379 e. The second kappa shape index (κ2) is 13.8. The summed E-state index contributed by atoms with van der Waals surface area (Å²) in [5, 5.41) is 0. The van der Waals surface area contributed by atoms with Crippen LogP contribution >= 0.6 is 0 Å². The summed E-state index contributed by atoms with van der Waals surface area (Å²) in [6, 6.07) is 0. The summed E-state index contributed by atoms with van der Waals surface area (Å²) < 4.78 is 12.0. The summed E-state index contributed by atoms with van der Waals surface area (Å²) in [5.74, 6) is 3.93. The molecule has 0 amide bonds. The van der Waals surface area contributed by atoms with Crippen molar-refractivity contribution in [2.24, 2.45) is 35.5 Å². The summed E-state index contributed by atoms with van der Waals surface area (Å²) in [6.07, 6.45) is 23.7. The molecule has 4 aliphatic rings. The van der Waals surface area contributed by atoms with Crippen LogP contribution in [0.15, 0.2) is 0 Å². The van der Waals surface area contributed by atoms with E-state index < -0.39 is 0 Å². The Bertz CT molecular complexity index is 525. The molecule has 0 radical (unpaired) electrons. The number of rotatable bonds is 10. The quantitative estimate of drug-likeness (QED) is 0.320. The third-order valence-corrected chi connectivity index (χ3v) is 10.2. The molecule has 0 aromatic heterocycles. The Morgan fingerprint density at radius 2 is 0.853 bits per heavy atom. The Balaban J connectivity index is 1.52. The Morgan fingerprint density at radius 3 is 1.18 bits per heavy atom. The predicted molar refractivity (Wildman–Crippen MR) is 140 cm³/mol. The highest BCUT2D eigenvalue weighted by atomic mass is 16.5. The maximum absolute atomic E-state index is 14.8. The van der Waals surface area contributed by atoms with Gasteiger partial charge in [-0.15, -0.1) is 0 Å². The van der Waals surface area contributed by atoms with E-state index >= 15 is 0 Å². The second-order valence-electron chi connectivity index (χ2n) is 12.2. The van der Waals surface area contributed by atoms with Crippen LogP contribution in [-0.4, -0.2) is 31.2 Å². The van der Waals surface area contributed by atoms with Crippen LogP contribution in [0.5, 0.6) is 0 Å². The monoisotopic (exact) mass is 474 g/mol. The van der Waals surface area contributed by atoms with Crippen molar-refractivity contribution in [2.75, 3.05) is 13.2 Å². The summed E-state index contributed by atoms with van der Waals surface area (Å²) in [7, 11) is 0. The molecule has 0 bridgehead atoms. The molecule has 0 N–H and O–H groups in total. The highest BCUT2D eigenvalue weighted by Gasteiger charge is 2.45. The van der Waals surface area contributed by atoms with Crippen molar-refractivity contribution in [3.8, 4) is 0 Å². The normalized spacial score (nSPS) is 33.9. The minimum atomic E-state index is 0.333. The average molecular weight is 475 g/mol. The molecule has 0 spiro atoms. The zero-order valence-electron chi connectivity index (χ0n) is 22.5. The highest BCUT2D eigenvalue weighted by molar-refractivity contribution is 5.84. The van der Waals surface area contributed by atoms with E-state index in [2.05, 4.69) is 13.8 Å². The highest BCUT2D eigenvalue weighted by Crippen LogP contribution is 2.47. The van der Waals surface area contributed by atoms with Gasteiger partial charge in [0.05, 0.1) is 12.2 Å². The van der Waals surface area contributed by atoms with Crippen LogP contribution in [0.3, 0.4) is 0 Å². The molecule has 4 saturated carbocycles. The van der Waals surface area contributed by atoms with Crippen LogP contribution in [-0.2, 0) is 14.3 Å². The lowest BCUT2D eigenvalue weighted by Crippen LogP contribution is -2.44. The zero-order valence-corrected chi connectivity index (χ0v) is 22.5. The first-order chi connectivity index (χ1) is 16.7. The minimum absolute atomic E-state index is 0.333. The molecule has 4 fully saturated rings. The van der Waals surface area contributed by atoms with Gasteiger partial charge in [0.25, 0.3) is 0 Å². The smallest absolute Gasteiger partial charge is 0.140 e. The van der Waals surface area contributed by atoms with Crippen molar-refractivity contribution < 1.29 is 14.3 Å². The molecule has 3 nitrogen and oxygen atoms in total. The van der Waals surface area contributed by atoms with E-state index in [9.17, 15) is 4.79 Å². The number of ketones is 1. The lowest BCUT2D eigenvalue weighted by atomic mass is 9.60. The van der Waals surface area contributed by atoms with Crippen molar-refractivity contribution in [2.45, 2.75) is 142 Å². The maximum atomic E-state index is 14.8. The number of ether oxygens (including phenoxy) is 2. The molecule has 3 heteroatoms. The largest absolute Gasteiger partial charge is 0.379 e. The van der Waals surface area contributed by atoms with Crippen molar-refractivity contribution in [1.82, 2.24) is 0 Å². The van der Waals surface area contributed by atoms with Crippen LogP contribution in [0.1, 0.15) is 129 Å². The Labute approximate surface area is 210 Å². The van der Waals surface area contributed by atoms with Crippen LogP contribution in [0, 0.1) is 35.5 Å². The predicted octanol–water partition coefficient (Wildman–Crippen LogP) is 8.14. The molecule has 196 valence electrons. The summed E-state index contributed by atoms with van der Waals surface area (Å²) in [4.78, 5) is 14.8. The van der Waals surface area contributed by atoms with Crippen LogP contribution in [0.4, 0.5) is 0 Å². The Morgan fingerprint density at radius 1 is 0.529 bits per heavy atom. The van der Waals surface area contributed by atoms with Gasteiger partial charge >= 0.3 is 0 Å². The van der Waals surface area contributed by atoms with E-state index in [0.29, 0.717) is 47.7 Å². The first-order valence-corrected chi connectivity index (χ1v) is 15.5.